The number of carbonyl (C=O) groups is 1. The van der Waals surface area contributed by atoms with Gasteiger partial charge in [0.1, 0.15) is 12.3 Å². The van der Waals surface area contributed by atoms with Crippen LogP contribution in [-0.4, -0.2) is 24.8 Å². The van der Waals surface area contributed by atoms with Crippen LogP contribution in [0.5, 0.6) is 0 Å². The molecule has 0 spiro atoms. The van der Waals surface area contributed by atoms with Crippen LogP contribution in [0, 0.1) is 11.3 Å². The molecule has 0 atom stereocenters. The molecule has 1 aromatic rings. The Kier molecular flexibility index (Phi) is 3.36. The molecule has 0 aliphatic carbocycles. The van der Waals surface area contributed by atoms with Gasteiger partial charge in [0.25, 0.3) is 0 Å². The van der Waals surface area contributed by atoms with Gasteiger partial charge in [-0.2, -0.15) is 5.26 Å². The summed E-state index contributed by atoms with van der Waals surface area (Å²) in [7, 11) is 0. The predicted molar refractivity (Wildman–Crippen MR) is 64.7 cm³/mol. The van der Waals surface area contributed by atoms with E-state index >= 15 is 0 Å². The first-order valence-electron chi connectivity index (χ1n) is 5.35. The van der Waals surface area contributed by atoms with Gasteiger partial charge >= 0.3 is 0 Å². The van der Waals surface area contributed by atoms with Crippen LogP contribution in [-0.2, 0) is 4.79 Å². The average molecular weight is 228 g/mol. The van der Waals surface area contributed by atoms with Crippen molar-refractivity contribution in [2.24, 2.45) is 4.99 Å². The largest absolute Gasteiger partial charge is 0.368 e. The summed E-state index contributed by atoms with van der Waals surface area (Å²) < 4.78 is 0. The van der Waals surface area contributed by atoms with Crippen molar-refractivity contribution in [1.29, 1.82) is 5.26 Å². The molecular weight excluding hydrogens is 216 g/mol. The second kappa shape index (κ2) is 5.12. The first-order valence-corrected chi connectivity index (χ1v) is 5.35. The molecule has 5 heteroatoms. The van der Waals surface area contributed by atoms with Gasteiger partial charge in [-0.1, -0.05) is 0 Å². The van der Waals surface area contributed by atoms with Crippen LogP contribution in [0.2, 0.25) is 0 Å². The van der Waals surface area contributed by atoms with Crippen molar-refractivity contribution >= 4 is 17.4 Å². The molecule has 5 nitrogen and oxygen atoms in total. The highest BCUT2D eigenvalue weighted by Crippen LogP contribution is 2.11. The van der Waals surface area contributed by atoms with E-state index in [2.05, 4.69) is 15.6 Å². The zero-order chi connectivity index (χ0) is 12.1. The summed E-state index contributed by atoms with van der Waals surface area (Å²) in [6.45, 7) is 1.67. The maximum atomic E-state index is 11.2. The number of hydrogen-bond donors (Lipinski definition) is 2. The van der Waals surface area contributed by atoms with E-state index in [-0.39, 0.29) is 12.3 Å². The van der Waals surface area contributed by atoms with Crippen LogP contribution in [0.1, 0.15) is 12.0 Å². The third kappa shape index (κ3) is 2.82. The highest BCUT2D eigenvalue weighted by atomic mass is 16.1. The Bertz CT molecular complexity index is 484. The molecule has 0 fully saturated rings. The van der Waals surface area contributed by atoms with Gasteiger partial charge in [-0.05, 0) is 24.3 Å². The number of nitriles is 1. The lowest BCUT2D eigenvalue weighted by Crippen LogP contribution is -2.19. The summed E-state index contributed by atoms with van der Waals surface area (Å²) in [6, 6.07) is 9.18. The van der Waals surface area contributed by atoms with Crippen LogP contribution in [0.25, 0.3) is 0 Å². The number of rotatable bonds is 3. The summed E-state index contributed by atoms with van der Waals surface area (Å²) in [5, 5.41) is 14.2. The number of amidine groups is 1. The van der Waals surface area contributed by atoms with Gasteiger partial charge in [0.15, 0.2) is 0 Å². The van der Waals surface area contributed by atoms with Crippen molar-refractivity contribution in [3.8, 4) is 6.07 Å². The van der Waals surface area contributed by atoms with Crippen molar-refractivity contribution in [1.82, 2.24) is 5.32 Å². The molecule has 1 heterocycles. The fourth-order valence-corrected chi connectivity index (χ4v) is 1.58. The van der Waals surface area contributed by atoms with Gasteiger partial charge in [0.2, 0.25) is 5.91 Å². The maximum absolute atomic E-state index is 11.2. The standard InChI is InChI=1S/C12H12N4O/c13-6-5-11(17)16-10-3-1-9(2-4-10)12-14-7-8-15-12/h1-4H,5,7-8H2,(H,14,15)(H,16,17). The van der Waals surface area contributed by atoms with Crippen molar-refractivity contribution < 1.29 is 4.79 Å². The SMILES string of the molecule is N#CCC(=O)Nc1ccc(C2=NCCN2)cc1. The summed E-state index contributed by atoms with van der Waals surface area (Å²) >= 11 is 0. The number of carbonyl (C=O) groups excluding carboxylic acids is 1. The van der Waals surface area contributed by atoms with Gasteiger partial charge in [0.05, 0.1) is 12.6 Å². The van der Waals surface area contributed by atoms with Gasteiger partial charge in [-0.3, -0.25) is 9.79 Å². The molecule has 0 unspecified atom stereocenters. The molecule has 1 amide bonds. The molecule has 0 saturated heterocycles. The number of nitrogens with one attached hydrogen (secondary N) is 2. The Hall–Kier alpha value is -2.35. The molecule has 17 heavy (non-hydrogen) atoms. The van der Waals surface area contributed by atoms with E-state index in [0.717, 1.165) is 24.5 Å². The van der Waals surface area contributed by atoms with Crippen molar-refractivity contribution in [2.45, 2.75) is 6.42 Å². The van der Waals surface area contributed by atoms with Crippen molar-refractivity contribution in [3.63, 3.8) is 0 Å². The Balaban J connectivity index is 2.03. The number of aliphatic imine (C=N–C) groups is 1. The van der Waals surface area contributed by atoms with E-state index in [1.54, 1.807) is 18.2 Å². The van der Waals surface area contributed by atoms with Crippen molar-refractivity contribution in [2.75, 3.05) is 18.4 Å². The minimum absolute atomic E-state index is 0.129. The molecule has 2 rings (SSSR count). The number of hydrogen-bond acceptors (Lipinski definition) is 4. The Morgan fingerprint density at radius 1 is 1.47 bits per heavy atom. The number of nitrogens with zero attached hydrogens (tertiary/aromatic N) is 2. The molecule has 86 valence electrons. The second-order valence-corrected chi connectivity index (χ2v) is 3.62. The molecule has 0 radical (unpaired) electrons. The van der Waals surface area contributed by atoms with Gasteiger partial charge in [-0.15, -0.1) is 0 Å². The van der Waals surface area contributed by atoms with E-state index in [0.29, 0.717) is 5.69 Å². The van der Waals surface area contributed by atoms with Crippen LogP contribution >= 0.6 is 0 Å². The maximum Gasteiger partial charge on any atom is 0.238 e. The van der Waals surface area contributed by atoms with Crippen LogP contribution in [0.4, 0.5) is 5.69 Å². The average Bonchev–Trinajstić information content (AvgIpc) is 2.84. The number of benzene rings is 1. The third-order valence-electron chi connectivity index (χ3n) is 2.36. The van der Waals surface area contributed by atoms with Gasteiger partial charge < -0.3 is 10.6 Å². The van der Waals surface area contributed by atoms with Crippen LogP contribution in [0.15, 0.2) is 29.3 Å². The fourth-order valence-electron chi connectivity index (χ4n) is 1.58. The highest BCUT2D eigenvalue weighted by Gasteiger charge is 2.07. The smallest absolute Gasteiger partial charge is 0.238 e. The first-order chi connectivity index (χ1) is 8.29. The lowest BCUT2D eigenvalue weighted by Gasteiger charge is -2.05. The Morgan fingerprint density at radius 3 is 2.82 bits per heavy atom. The normalized spacial score (nSPS) is 13.5. The molecule has 0 aromatic heterocycles. The van der Waals surface area contributed by atoms with E-state index in [1.807, 2.05) is 12.1 Å². The minimum atomic E-state index is -0.295. The number of anilines is 1. The summed E-state index contributed by atoms with van der Waals surface area (Å²) in [6.07, 6.45) is -0.129. The predicted octanol–water partition coefficient (Wildman–Crippen LogP) is 0.889. The Morgan fingerprint density at radius 2 is 2.24 bits per heavy atom. The van der Waals surface area contributed by atoms with Crippen LogP contribution in [0.3, 0.4) is 0 Å². The molecule has 0 saturated carbocycles. The number of amides is 1. The molecule has 2 N–H and O–H groups in total. The first kappa shape index (κ1) is 11.1. The Labute approximate surface area is 99.2 Å². The van der Waals surface area contributed by atoms with E-state index < -0.39 is 0 Å². The lowest BCUT2D eigenvalue weighted by molar-refractivity contribution is -0.115. The van der Waals surface area contributed by atoms with E-state index in [4.69, 9.17) is 5.26 Å². The molecule has 1 aliphatic heterocycles. The second-order valence-electron chi connectivity index (χ2n) is 3.62. The summed E-state index contributed by atoms with van der Waals surface area (Å²) in [4.78, 5) is 15.5. The molecule has 1 aromatic carbocycles. The van der Waals surface area contributed by atoms with Gasteiger partial charge in [0, 0.05) is 17.8 Å². The lowest BCUT2D eigenvalue weighted by atomic mass is 10.2. The molecular formula is C12H12N4O. The quantitative estimate of drug-likeness (QED) is 0.806. The molecule has 1 aliphatic rings. The van der Waals surface area contributed by atoms with E-state index in [1.165, 1.54) is 0 Å². The van der Waals surface area contributed by atoms with Crippen molar-refractivity contribution in [3.05, 3.63) is 29.8 Å². The monoisotopic (exact) mass is 228 g/mol. The fraction of sp³-hybridized carbons (Fsp3) is 0.250. The van der Waals surface area contributed by atoms with Gasteiger partial charge in [-0.25, -0.2) is 0 Å². The van der Waals surface area contributed by atoms with E-state index in [9.17, 15) is 4.79 Å². The zero-order valence-electron chi connectivity index (χ0n) is 9.23. The summed E-state index contributed by atoms with van der Waals surface area (Å²) in [5.74, 6) is 0.594. The zero-order valence-corrected chi connectivity index (χ0v) is 9.23. The highest BCUT2D eigenvalue weighted by molar-refractivity contribution is 6.00. The topological polar surface area (TPSA) is 77.3 Å². The minimum Gasteiger partial charge on any atom is -0.368 e. The van der Waals surface area contributed by atoms with Crippen LogP contribution < -0.4 is 10.6 Å². The molecule has 0 bridgehead atoms. The summed E-state index contributed by atoms with van der Waals surface area (Å²) in [5.41, 5.74) is 1.69. The third-order valence-corrected chi connectivity index (χ3v) is 2.36.